The average Bonchev–Trinajstić information content (AvgIpc) is 2.91. The van der Waals surface area contributed by atoms with E-state index in [0.29, 0.717) is 0 Å². The molecule has 194 valence electrons. The molecular formula is C27H28N2O7S. The van der Waals surface area contributed by atoms with E-state index in [9.17, 15) is 27.9 Å². The van der Waals surface area contributed by atoms with Gasteiger partial charge in [0.2, 0.25) is 5.91 Å². The zero-order valence-corrected chi connectivity index (χ0v) is 20.8. The van der Waals surface area contributed by atoms with Gasteiger partial charge in [-0.05, 0) is 29.7 Å². The predicted molar refractivity (Wildman–Crippen MR) is 136 cm³/mol. The molecule has 3 N–H and O–H groups in total. The molecule has 0 heterocycles. The summed E-state index contributed by atoms with van der Waals surface area (Å²) in [4.78, 5) is 37.4. The van der Waals surface area contributed by atoms with Crippen LogP contribution >= 0.6 is 0 Å². The number of hydrogen-bond donors (Lipinski definition) is 3. The third kappa shape index (κ3) is 8.76. The Morgan fingerprint density at radius 3 is 1.86 bits per heavy atom. The van der Waals surface area contributed by atoms with E-state index in [-0.39, 0.29) is 24.3 Å². The fourth-order valence-electron chi connectivity index (χ4n) is 3.51. The Balaban J connectivity index is 1.67. The Labute approximate surface area is 215 Å². The second-order valence-electron chi connectivity index (χ2n) is 8.27. The summed E-state index contributed by atoms with van der Waals surface area (Å²) in [7, 11) is -3.75. The lowest BCUT2D eigenvalue weighted by molar-refractivity contribution is -0.142. The van der Waals surface area contributed by atoms with Crippen LogP contribution in [0.3, 0.4) is 0 Å². The predicted octanol–water partition coefficient (Wildman–Crippen LogP) is 2.96. The fourth-order valence-corrected chi connectivity index (χ4v) is 4.87. The van der Waals surface area contributed by atoms with E-state index < -0.39 is 45.6 Å². The van der Waals surface area contributed by atoms with Crippen molar-refractivity contribution in [2.75, 3.05) is 5.75 Å². The van der Waals surface area contributed by atoms with Gasteiger partial charge < -0.3 is 20.5 Å². The van der Waals surface area contributed by atoms with E-state index in [2.05, 4.69) is 10.6 Å². The quantitative estimate of drug-likeness (QED) is 0.331. The number of alkyl carbamates (subject to hydrolysis) is 1. The second kappa shape index (κ2) is 13.2. The summed E-state index contributed by atoms with van der Waals surface area (Å²) in [6.45, 7) is -0.0125. The van der Waals surface area contributed by atoms with Gasteiger partial charge in [-0.1, -0.05) is 78.9 Å². The van der Waals surface area contributed by atoms with Gasteiger partial charge in [-0.2, -0.15) is 0 Å². The number of carbonyl (C=O) groups excluding carboxylic acids is 2. The first kappa shape index (κ1) is 27.4. The minimum absolute atomic E-state index is 0.0125. The number of carbonyl (C=O) groups is 3. The van der Waals surface area contributed by atoms with Gasteiger partial charge in [-0.3, -0.25) is 4.79 Å². The maximum Gasteiger partial charge on any atom is 0.408 e. The van der Waals surface area contributed by atoms with Crippen LogP contribution in [0.2, 0.25) is 0 Å². The zero-order valence-electron chi connectivity index (χ0n) is 19.9. The number of sulfone groups is 1. The van der Waals surface area contributed by atoms with Crippen molar-refractivity contribution in [1.29, 1.82) is 0 Å². The maximum absolute atomic E-state index is 13.1. The van der Waals surface area contributed by atoms with Crippen LogP contribution in [0.4, 0.5) is 4.79 Å². The second-order valence-corrected chi connectivity index (χ2v) is 10.4. The van der Waals surface area contributed by atoms with Crippen molar-refractivity contribution < 1.29 is 32.6 Å². The molecule has 9 nitrogen and oxygen atoms in total. The highest BCUT2D eigenvalue weighted by Crippen LogP contribution is 2.13. The van der Waals surface area contributed by atoms with Gasteiger partial charge in [0.05, 0.1) is 10.6 Å². The van der Waals surface area contributed by atoms with E-state index in [1.54, 1.807) is 72.8 Å². The summed E-state index contributed by atoms with van der Waals surface area (Å²) in [5, 5.41) is 14.5. The minimum atomic E-state index is -3.75. The Kier molecular flexibility index (Phi) is 9.79. The summed E-state index contributed by atoms with van der Waals surface area (Å²) in [5.74, 6) is -2.64. The molecular weight excluding hydrogens is 496 g/mol. The first-order valence-electron chi connectivity index (χ1n) is 11.6. The molecule has 0 aromatic heterocycles. The molecule has 3 rings (SSSR count). The number of carboxylic acid groups (broad SMARTS) is 1. The monoisotopic (exact) mass is 524 g/mol. The van der Waals surface area contributed by atoms with E-state index in [1.807, 2.05) is 6.07 Å². The molecule has 0 saturated carbocycles. The Bertz CT molecular complexity index is 1280. The van der Waals surface area contributed by atoms with Crippen LogP contribution in [-0.2, 0) is 37.2 Å². The number of rotatable bonds is 12. The molecule has 3 aromatic rings. The summed E-state index contributed by atoms with van der Waals surface area (Å²) >= 11 is 0. The normalized spacial score (nSPS) is 12.6. The Morgan fingerprint density at radius 2 is 1.30 bits per heavy atom. The number of ether oxygens (including phenoxy) is 1. The van der Waals surface area contributed by atoms with Crippen LogP contribution in [0.15, 0.2) is 95.9 Å². The Morgan fingerprint density at radius 1 is 0.757 bits per heavy atom. The molecule has 0 aliphatic carbocycles. The SMILES string of the molecule is O=C(N[C@@H](Cc1ccccc1)C(=O)N[C@H](CCS(=O)(=O)c1ccccc1)C(=O)O)OCc1ccccc1. The van der Waals surface area contributed by atoms with Crippen molar-refractivity contribution in [2.24, 2.45) is 0 Å². The third-order valence-corrected chi connectivity index (χ3v) is 7.26. The van der Waals surface area contributed by atoms with Gasteiger partial charge in [0.25, 0.3) is 0 Å². The lowest BCUT2D eigenvalue weighted by atomic mass is 10.0. The van der Waals surface area contributed by atoms with Crippen LogP contribution in [0.5, 0.6) is 0 Å². The molecule has 2 atom stereocenters. The largest absolute Gasteiger partial charge is 0.480 e. The van der Waals surface area contributed by atoms with E-state index >= 15 is 0 Å². The van der Waals surface area contributed by atoms with Crippen molar-refractivity contribution in [1.82, 2.24) is 10.6 Å². The van der Waals surface area contributed by atoms with Gasteiger partial charge in [0.1, 0.15) is 18.7 Å². The number of hydrogen-bond acceptors (Lipinski definition) is 6. The highest BCUT2D eigenvalue weighted by atomic mass is 32.2. The van der Waals surface area contributed by atoms with Crippen molar-refractivity contribution in [3.63, 3.8) is 0 Å². The first-order valence-corrected chi connectivity index (χ1v) is 13.2. The molecule has 0 bridgehead atoms. The van der Waals surface area contributed by atoms with Crippen molar-refractivity contribution in [2.45, 2.75) is 36.4 Å². The number of amides is 2. The molecule has 10 heteroatoms. The zero-order chi connectivity index (χ0) is 26.7. The number of carboxylic acids is 1. The molecule has 3 aromatic carbocycles. The lowest BCUT2D eigenvalue weighted by Gasteiger charge is -2.21. The highest BCUT2D eigenvalue weighted by Gasteiger charge is 2.29. The van der Waals surface area contributed by atoms with Gasteiger partial charge in [-0.15, -0.1) is 0 Å². The molecule has 0 fully saturated rings. The van der Waals surface area contributed by atoms with Crippen molar-refractivity contribution >= 4 is 27.8 Å². The van der Waals surface area contributed by atoms with Crippen LogP contribution in [0, 0.1) is 0 Å². The summed E-state index contributed by atoms with van der Waals surface area (Å²) in [5.41, 5.74) is 1.48. The van der Waals surface area contributed by atoms with Crippen LogP contribution in [0.1, 0.15) is 17.5 Å². The van der Waals surface area contributed by atoms with Crippen molar-refractivity contribution in [3.05, 3.63) is 102 Å². The van der Waals surface area contributed by atoms with E-state index in [4.69, 9.17) is 4.74 Å². The van der Waals surface area contributed by atoms with Crippen LogP contribution in [0.25, 0.3) is 0 Å². The van der Waals surface area contributed by atoms with Gasteiger partial charge >= 0.3 is 12.1 Å². The smallest absolute Gasteiger partial charge is 0.408 e. The first-order chi connectivity index (χ1) is 17.7. The van der Waals surface area contributed by atoms with Crippen LogP contribution < -0.4 is 10.6 Å². The molecule has 0 unspecified atom stereocenters. The molecule has 0 radical (unpaired) electrons. The van der Waals surface area contributed by atoms with E-state index in [1.165, 1.54) is 12.1 Å². The van der Waals surface area contributed by atoms with Gasteiger partial charge in [-0.25, -0.2) is 18.0 Å². The number of benzene rings is 3. The lowest BCUT2D eigenvalue weighted by Crippen LogP contribution is -2.52. The van der Waals surface area contributed by atoms with Gasteiger partial charge in [0.15, 0.2) is 9.84 Å². The summed E-state index contributed by atoms with van der Waals surface area (Å²) in [6.07, 6.45) is -1.13. The number of aliphatic carboxylic acids is 1. The summed E-state index contributed by atoms with van der Waals surface area (Å²) < 4.78 is 30.4. The fraction of sp³-hybridized carbons (Fsp3) is 0.222. The highest BCUT2D eigenvalue weighted by molar-refractivity contribution is 7.91. The maximum atomic E-state index is 13.1. The molecule has 0 saturated heterocycles. The van der Waals surface area contributed by atoms with E-state index in [0.717, 1.165) is 11.1 Å². The van der Waals surface area contributed by atoms with Crippen LogP contribution in [-0.4, -0.2) is 49.3 Å². The van der Waals surface area contributed by atoms with Crippen molar-refractivity contribution in [3.8, 4) is 0 Å². The minimum Gasteiger partial charge on any atom is -0.480 e. The molecule has 0 aliphatic heterocycles. The average molecular weight is 525 g/mol. The molecule has 0 aliphatic rings. The molecule has 37 heavy (non-hydrogen) atoms. The molecule has 0 spiro atoms. The molecule has 2 amide bonds. The summed E-state index contributed by atoms with van der Waals surface area (Å²) in [6, 6.07) is 22.9. The number of nitrogens with one attached hydrogen (secondary N) is 2. The van der Waals surface area contributed by atoms with Gasteiger partial charge in [0, 0.05) is 6.42 Å². The standard InChI is InChI=1S/C27H28N2O7S/c30-25(28-23(26(31)32)16-17-37(34,35)22-14-8-3-9-15-22)24(18-20-10-4-1-5-11-20)29-27(33)36-19-21-12-6-2-7-13-21/h1-15,23-24H,16-19H2,(H,28,30)(H,29,33)(H,31,32)/t23-,24+/m1/s1. The Hall–Kier alpha value is -4.18. The topological polar surface area (TPSA) is 139 Å². The third-order valence-electron chi connectivity index (χ3n) is 5.50.